The zero-order valence-corrected chi connectivity index (χ0v) is 18.3. The third-order valence-electron chi connectivity index (χ3n) is 7.17. The van der Waals surface area contributed by atoms with Gasteiger partial charge in [0.1, 0.15) is 12.4 Å². The molecule has 2 heterocycles. The van der Waals surface area contributed by atoms with Crippen molar-refractivity contribution < 1.29 is 4.84 Å². The predicted octanol–water partition coefficient (Wildman–Crippen LogP) is 3.83. The van der Waals surface area contributed by atoms with E-state index in [9.17, 15) is 5.26 Å². The molecule has 4 rings (SSSR count). The van der Waals surface area contributed by atoms with Crippen LogP contribution in [0.15, 0.2) is 24.3 Å². The van der Waals surface area contributed by atoms with Crippen molar-refractivity contribution >= 4 is 0 Å². The zero-order valence-electron chi connectivity index (χ0n) is 18.3. The third kappa shape index (κ3) is 5.22. The smallest absolute Gasteiger partial charge is 0.128 e. The van der Waals surface area contributed by atoms with Crippen LogP contribution in [0.5, 0.6) is 0 Å². The van der Waals surface area contributed by atoms with E-state index in [1.165, 1.54) is 56.1 Å². The van der Waals surface area contributed by atoms with Crippen molar-refractivity contribution in [1.29, 1.82) is 5.26 Å². The fourth-order valence-electron chi connectivity index (χ4n) is 5.41. The maximum absolute atomic E-state index is 9.63. The molecule has 4 atom stereocenters. The number of nitrogens with one attached hydrogen (secondary N) is 4. The molecule has 0 spiro atoms. The molecule has 1 aromatic rings. The van der Waals surface area contributed by atoms with Gasteiger partial charge in [0, 0.05) is 6.54 Å². The van der Waals surface area contributed by atoms with Gasteiger partial charge in [0.05, 0.1) is 17.6 Å². The summed E-state index contributed by atoms with van der Waals surface area (Å²) < 4.78 is 0. The molecule has 2 aliphatic heterocycles. The first-order valence-corrected chi connectivity index (χ1v) is 11.8. The van der Waals surface area contributed by atoms with Crippen molar-refractivity contribution in [3.05, 3.63) is 35.4 Å². The maximum atomic E-state index is 9.63. The van der Waals surface area contributed by atoms with E-state index >= 15 is 0 Å². The highest BCUT2D eigenvalue weighted by Gasteiger charge is 2.42. The molecule has 0 amide bonds. The molecule has 1 aliphatic carbocycles. The summed E-state index contributed by atoms with van der Waals surface area (Å²) in [6.07, 6.45) is 11.1. The Hall–Kier alpha value is -1.49. The summed E-state index contributed by atoms with van der Waals surface area (Å²) in [7, 11) is 0. The molecule has 0 aromatic heterocycles. The van der Waals surface area contributed by atoms with E-state index in [1.54, 1.807) is 0 Å². The van der Waals surface area contributed by atoms with Gasteiger partial charge in [-0.25, -0.2) is 0 Å². The highest BCUT2D eigenvalue weighted by Crippen LogP contribution is 2.36. The minimum absolute atomic E-state index is 0.0189. The third-order valence-corrected chi connectivity index (χ3v) is 7.17. The first kappa shape index (κ1) is 21.7. The Morgan fingerprint density at radius 2 is 1.83 bits per heavy atom. The van der Waals surface area contributed by atoms with Crippen LogP contribution in [0.3, 0.4) is 0 Å². The van der Waals surface area contributed by atoms with E-state index in [1.807, 2.05) is 6.92 Å². The molecule has 1 saturated carbocycles. The topological polar surface area (TPSA) is 81.1 Å². The number of nitrogens with zero attached hydrogens (tertiary/aromatic N) is 1. The first-order chi connectivity index (χ1) is 14.7. The van der Waals surface area contributed by atoms with Crippen molar-refractivity contribution in [2.45, 2.75) is 89.3 Å². The highest BCUT2D eigenvalue weighted by molar-refractivity contribution is 5.25. The van der Waals surface area contributed by atoms with Gasteiger partial charge in [0.15, 0.2) is 0 Å². The first-order valence-electron chi connectivity index (χ1n) is 11.8. The number of hydrogen-bond donors (Lipinski definition) is 4. The lowest BCUT2D eigenvalue weighted by Crippen LogP contribution is -2.64. The second-order valence-electron chi connectivity index (χ2n) is 9.33. The fraction of sp³-hybridized carbons (Fsp3) is 0.708. The molecular weight excluding hydrogens is 374 g/mol. The molecule has 0 bridgehead atoms. The standard InChI is InChI=1S/C24H37N5O/c1-18-28-23(29-30-18)21-11-9-19(10-12-21)17-27-24(15-20(16-25)13-14-26-24)22-7-5-3-2-4-6-8-22/h9-12,18,20,22-23,26-29H,2-8,13-15,17H2,1H3. The average Bonchev–Trinajstić information content (AvgIpc) is 3.19. The van der Waals surface area contributed by atoms with Gasteiger partial charge < -0.3 is 0 Å². The van der Waals surface area contributed by atoms with E-state index in [0.29, 0.717) is 5.92 Å². The van der Waals surface area contributed by atoms with Crippen LogP contribution in [0, 0.1) is 23.2 Å². The summed E-state index contributed by atoms with van der Waals surface area (Å²) in [4.78, 5) is 5.39. The second-order valence-corrected chi connectivity index (χ2v) is 9.33. The predicted molar refractivity (Wildman–Crippen MR) is 118 cm³/mol. The second kappa shape index (κ2) is 10.2. The molecule has 30 heavy (non-hydrogen) atoms. The van der Waals surface area contributed by atoms with Crippen LogP contribution < -0.4 is 21.4 Å². The quantitative estimate of drug-likeness (QED) is 0.590. The molecule has 4 N–H and O–H groups in total. The van der Waals surface area contributed by atoms with Crippen LogP contribution in [0.2, 0.25) is 0 Å². The largest absolute Gasteiger partial charge is 0.299 e. The number of piperidine rings is 1. The number of rotatable bonds is 5. The van der Waals surface area contributed by atoms with Crippen LogP contribution in [0.4, 0.5) is 0 Å². The Kier molecular flexibility index (Phi) is 7.40. The molecule has 164 valence electrons. The van der Waals surface area contributed by atoms with Crippen LogP contribution >= 0.6 is 0 Å². The summed E-state index contributed by atoms with van der Waals surface area (Å²) in [6.45, 7) is 3.74. The zero-order chi connectivity index (χ0) is 20.8. The monoisotopic (exact) mass is 411 g/mol. The molecule has 1 aromatic carbocycles. The Balaban J connectivity index is 1.44. The van der Waals surface area contributed by atoms with E-state index in [0.717, 1.165) is 25.9 Å². The lowest BCUT2D eigenvalue weighted by atomic mass is 9.74. The van der Waals surface area contributed by atoms with Gasteiger partial charge >= 0.3 is 0 Å². The minimum atomic E-state index is -0.119. The lowest BCUT2D eigenvalue weighted by molar-refractivity contribution is 0.0329. The molecule has 2 saturated heterocycles. The maximum Gasteiger partial charge on any atom is 0.128 e. The Morgan fingerprint density at radius 3 is 2.50 bits per heavy atom. The molecule has 6 heteroatoms. The van der Waals surface area contributed by atoms with Crippen molar-refractivity contribution in [3.8, 4) is 6.07 Å². The SMILES string of the molecule is CC1NC(c2ccc(CNC3(C4CCCCCCC4)CC(C#N)CCN3)cc2)NO1. The van der Waals surface area contributed by atoms with E-state index in [4.69, 9.17) is 4.84 Å². The van der Waals surface area contributed by atoms with Crippen LogP contribution in [0.25, 0.3) is 0 Å². The number of nitriles is 1. The Labute approximate surface area is 181 Å². The summed E-state index contributed by atoms with van der Waals surface area (Å²) in [5.74, 6) is 0.742. The summed E-state index contributed by atoms with van der Waals surface area (Å²) >= 11 is 0. The highest BCUT2D eigenvalue weighted by atomic mass is 16.7. The van der Waals surface area contributed by atoms with E-state index in [-0.39, 0.29) is 24.0 Å². The van der Waals surface area contributed by atoms with Crippen molar-refractivity contribution in [2.75, 3.05) is 6.54 Å². The number of benzene rings is 1. The molecule has 6 nitrogen and oxygen atoms in total. The van der Waals surface area contributed by atoms with E-state index in [2.05, 4.69) is 51.8 Å². The number of hydroxylamine groups is 1. The molecule has 3 aliphatic rings. The van der Waals surface area contributed by atoms with Crippen molar-refractivity contribution in [2.24, 2.45) is 11.8 Å². The van der Waals surface area contributed by atoms with Crippen molar-refractivity contribution in [3.63, 3.8) is 0 Å². The summed E-state index contributed by atoms with van der Waals surface area (Å²) in [6, 6.07) is 11.3. The molecular formula is C24H37N5O. The normalized spacial score (nSPS) is 33.5. The Bertz CT molecular complexity index is 709. The molecule has 4 unspecified atom stereocenters. The van der Waals surface area contributed by atoms with Gasteiger partial charge in [-0.3, -0.25) is 20.8 Å². The lowest BCUT2D eigenvalue weighted by Gasteiger charge is -2.47. The van der Waals surface area contributed by atoms with Gasteiger partial charge in [0.2, 0.25) is 0 Å². The molecule has 0 radical (unpaired) electrons. The summed E-state index contributed by atoms with van der Waals surface area (Å²) in [5, 5.41) is 20.7. The van der Waals surface area contributed by atoms with Gasteiger partial charge in [0.25, 0.3) is 0 Å². The van der Waals surface area contributed by atoms with E-state index < -0.39 is 0 Å². The number of hydrogen-bond acceptors (Lipinski definition) is 6. The van der Waals surface area contributed by atoms with Gasteiger partial charge in [-0.1, -0.05) is 56.4 Å². The fourth-order valence-corrected chi connectivity index (χ4v) is 5.41. The average molecular weight is 412 g/mol. The Morgan fingerprint density at radius 1 is 1.10 bits per heavy atom. The van der Waals surface area contributed by atoms with Crippen LogP contribution in [0.1, 0.15) is 82.0 Å². The van der Waals surface area contributed by atoms with Gasteiger partial charge in [-0.05, 0) is 56.2 Å². The molecule has 3 fully saturated rings. The van der Waals surface area contributed by atoms with Crippen LogP contribution in [-0.4, -0.2) is 18.4 Å². The van der Waals surface area contributed by atoms with Crippen LogP contribution in [-0.2, 0) is 11.4 Å². The van der Waals surface area contributed by atoms with Crippen molar-refractivity contribution in [1.82, 2.24) is 21.4 Å². The van der Waals surface area contributed by atoms with Gasteiger partial charge in [-0.15, -0.1) is 0 Å². The van der Waals surface area contributed by atoms with Gasteiger partial charge in [-0.2, -0.15) is 10.7 Å². The summed E-state index contributed by atoms with van der Waals surface area (Å²) in [5.41, 5.74) is 5.36. The minimum Gasteiger partial charge on any atom is -0.299 e.